The molecule has 0 aliphatic carbocycles. The van der Waals surface area contributed by atoms with E-state index in [-0.39, 0.29) is 0 Å². The van der Waals surface area contributed by atoms with Crippen LogP contribution in [0.4, 0.5) is 0 Å². The number of rotatable bonds is 3. The van der Waals surface area contributed by atoms with Gasteiger partial charge in [-0.1, -0.05) is 0 Å². The van der Waals surface area contributed by atoms with Crippen LogP contribution in [0.5, 0.6) is 0 Å². The summed E-state index contributed by atoms with van der Waals surface area (Å²) in [5, 5.41) is 5.10. The molecule has 0 saturated carbocycles. The van der Waals surface area contributed by atoms with Crippen molar-refractivity contribution >= 4 is 55.6 Å². The first-order valence-corrected chi connectivity index (χ1v) is 14.3. The molecule has 5 heteroatoms. The second kappa shape index (κ2) is 8.49. The Morgan fingerprint density at radius 3 is 1.76 bits per heavy atom. The maximum atomic E-state index is 5.05. The van der Waals surface area contributed by atoms with Crippen molar-refractivity contribution in [1.82, 2.24) is 19.5 Å². The molecule has 0 amide bonds. The van der Waals surface area contributed by atoms with E-state index in [0.29, 0.717) is 32.1 Å². The Bertz CT molecular complexity index is 2070. The van der Waals surface area contributed by atoms with Crippen LogP contribution in [0.25, 0.3) is 69.8 Å². The molecule has 0 fully saturated rings. The summed E-state index contributed by atoms with van der Waals surface area (Å²) in [5.41, 5.74) is 4.14. The van der Waals surface area contributed by atoms with Gasteiger partial charge >= 0.3 is 225 Å². The van der Waals surface area contributed by atoms with E-state index in [1.165, 1.54) is 30.1 Å². The zero-order valence-electron chi connectivity index (χ0n) is 20.2. The molecule has 5 aromatic carbocycles. The fraction of sp³-hybridized carbons (Fsp3) is 0. The fourth-order valence-corrected chi connectivity index (χ4v) is 7.66. The molecule has 38 heavy (non-hydrogen) atoms. The number of nitrogens with zero attached hydrogens (tertiary/aromatic N) is 4. The zero-order chi connectivity index (χ0) is 25.1. The first-order valence-electron chi connectivity index (χ1n) is 12.6. The zero-order valence-corrected chi connectivity index (χ0v) is 22.0. The molecule has 0 bridgehead atoms. The molecule has 3 heterocycles. The van der Waals surface area contributed by atoms with Gasteiger partial charge in [-0.3, -0.25) is 0 Å². The maximum absolute atomic E-state index is 5.05. The van der Waals surface area contributed by atoms with Gasteiger partial charge in [0.25, 0.3) is 0 Å². The third-order valence-corrected chi connectivity index (χ3v) is 9.44. The van der Waals surface area contributed by atoms with Gasteiger partial charge in [0.2, 0.25) is 0 Å². The van der Waals surface area contributed by atoms with Crippen molar-refractivity contribution in [2.45, 2.75) is 0 Å². The SMILES string of the molecule is c1ccc(-c2nc(-c3ccccc3)nc(-n3c4ccccc4c4cc5[se]c6ccccc6c5cc43)n2)cc1. The van der Waals surface area contributed by atoms with Gasteiger partial charge in [-0.2, -0.15) is 0 Å². The predicted molar refractivity (Wildman–Crippen MR) is 157 cm³/mol. The molecule has 0 N–H and O–H groups in total. The van der Waals surface area contributed by atoms with Crippen LogP contribution < -0.4 is 0 Å². The van der Waals surface area contributed by atoms with E-state index in [0.717, 1.165) is 22.2 Å². The van der Waals surface area contributed by atoms with E-state index in [2.05, 4.69) is 65.2 Å². The second-order valence-corrected chi connectivity index (χ2v) is 11.6. The van der Waals surface area contributed by atoms with Crippen molar-refractivity contribution in [2.24, 2.45) is 0 Å². The van der Waals surface area contributed by atoms with Crippen LogP contribution in [0.15, 0.2) is 121 Å². The Kier molecular flexibility index (Phi) is 4.80. The van der Waals surface area contributed by atoms with Crippen molar-refractivity contribution in [3.8, 4) is 28.7 Å². The van der Waals surface area contributed by atoms with Gasteiger partial charge in [0, 0.05) is 0 Å². The summed E-state index contributed by atoms with van der Waals surface area (Å²) >= 11 is 0.303. The van der Waals surface area contributed by atoms with Crippen LogP contribution in [0, 0.1) is 0 Å². The molecule has 0 spiro atoms. The van der Waals surface area contributed by atoms with E-state index in [9.17, 15) is 0 Å². The summed E-state index contributed by atoms with van der Waals surface area (Å²) in [6.45, 7) is 0. The van der Waals surface area contributed by atoms with Gasteiger partial charge in [0.05, 0.1) is 0 Å². The van der Waals surface area contributed by atoms with Gasteiger partial charge < -0.3 is 0 Å². The predicted octanol–water partition coefficient (Wildman–Crippen LogP) is 7.67. The molecular formula is C33H20N4Se. The Balaban J connectivity index is 1.49. The molecule has 0 atom stereocenters. The fourth-order valence-electron chi connectivity index (χ4n) is 5.30. The van der Waals surface area contributed by atoms with Gasteiger partial charge in [-0.05, 0) is 0 Å². The summed E-state index contributed by atoms with van der Waals surface area (Å²) in [5.74, 6) is 1.95. The number of hydrogen-bond acceptors (Lipinski definition) is 3. The summed E-state index contributed by atoms with van der Waals surface area (Å²) in [6.07, 6.45) is 0. The van der Waals surface area contributed by atoms with Crippen LogP contribution in [0.3, 0.4) is 0 Å². The van der Waals surface area contributed by atoms with Crippen LogP contribution in [0.2, 0.25) is 0 Å². The normalized spacial score (nSPS) is 11.7. The average molecular weight is 552 g/mol. The van der Waals surface area contributed by atoms with Gasteiger partial charge in [-0.25, -0.2) is 0 Å². The molecule has 0 aliphatic rings. The summed E-state index contributed by atoms with van der Waals surface area (Å²) in [7, 11) is 0. The van der Waals surface area contributed by atoms with Crippen molar-refractivity contribution in [3.63, 3.8) is 0 Å². The van der Waals surface area contributed by atoms with Gasteiger partial charge in [0.1, 0.15) is 0 Å². The molecule has 8 rings (SSSR count). The molecule has 0 saturated heterocycles. The number of aromatic nitrogens is 4. The first kappa shape index (κ1) is 21.5. The molecule has 0 aliphatic heterocycles. The minimum atomic E-state index is 0.303. The van der Waals surface area contributed by atoms with Gasteiger partial charge in [-0.15, -0.1) is 0 Å². The van der Waals surface area contributed by atoms with E-state index in [1.54, 1.807) is 0 Å². The van der Waals surface area contributed by atoms with Crippen molar-refractivity contribution in [2.75, 3.05) is 0 Å². The van der Waals surface area contributed by atoms with E-state index >= 15 is 0 Å². The van der Waals surface area contributed by atoms with E-state index in [4.69, 9.17) is 15.0 Å². The number of benzene rings is 5. The van der Waals surface area contributed by atoms with Crippen LogP contribution >= 0.6 is 0 Å². The van der Waals surface area contributed by atoms with Crippen LogP contribution in [-0.2, 0) is 0 Å². The number of fused-ring (bicyclic) bond motifs is 6. The van der Waals surface area contributed by atoms with Gasteiger partial charge in [0.15, 0.2) is 0 Å². The molecular weight excluding hydrogens is 531 g/mol. The summed E-state index contributed by atoms with van der Waals surface area (Å²) in [4.78, 5) is 15.0. The minimum absolute atomic E-state index is 0.303. The molecule has 3 aromatic heterocycles. The topological polar surface area (TPSA) is 43.6 Å². The summed E-state index contributed by atoms with van der Waals surface area (Å²) in [6, 6.07) is 42.3. The molecule has 0 radical (unpaired) electrons. The standard InChI is InChI=1S/C33H20N4Se/c1-3-11-21(12-4-1)31-34-32(22-13-5-2-6-14-22)36-33(35-31)37-27-17-9-7-15-23(27)25-20-30-26(19-28(25)37)24-16-8-10-18-29(24)38-30/h1-20H. The molecule has 178 valence electrons. The van der Waals surface area contributed by atoms with Crippen LogP contribution in [-0.4, -0.2) is 34.0 Å². The third-order valence-electron chi connectivity index (χ3n) is 7.06. The van der Waals surface area contributed by atoms with E-state index < -0.39 is 0 Å². The summed E-state index contributed by atoms with van der Waals surface area (Å²) < 4.78 is 5.08. The Labute approximate surface area is 224 Å². The second-order valence-electron chi connectivity index (χ2n) is 9.33. The van der Waals surface area contributed by atoms with Crippen molar-refractivity contribution in [1.29, 1.82) is 0 Å². The first-order chi connectivity index (χ1) is 18.8. The van der Waals surface area contributed by atoms with Crippen molar-refractivity contribution in [3.05, 3.63) is 121 Å². The number of hydrogen-bond donors (Lipinski definition) is 0. The van der Waals surface area contributed by atoms with Crippen molar-refractivity contribution < 1.29 is 0 Å². The monoisotopic (exact) mass is 552 g/mol. The van der Waals surface area contributed by atoms with Crippen LogP contribution in [0.1, 0.15) is 0 Å². The Hall–Kier alpha value is -4.57. The Morgan fingerprint density at radius 2 is 1.05 bits per heavy atom. The molecule has 0 unspecified atom stereocenters. The number of para-hydroxylation sites is 1. The Morgan fingerprint density at radius 1 is 0.447 bits per heavy atom. The molecule has 4 nitrogen and oxygen atoms in total. The average Bonchev–Trinajstić information content (AvgIpc) is 3.51. The third kappa shape index (κ3) is 3.33. The quantitative estimate of drug-likeness (QED) is 0.212. The molecule has 8 aromatic rings. The van der Waals surface area contributed by atoms with E-state index in [1.807, 2.05) is 60.7 Å².